The molecule has 0 unspecified atom stereocenters. The molecule has 0 aliphatic carbocycles. The molecule has 5 rings (SSSR count). The third-order valence-corrected chi connectivity index (χ3v) is 8.85. The second kappa shape index (κ2) is 15.9. The van der Waals surface area contributed by atoms with E-state index in [-0.39, 0.29) is 21.8 Å². The van der Waals surface area contributed by atoms with Crippen molar-refractivity contribution in [3.63, 3.8) is 0 Å². The first-order valence-electron chi connectivity index (χ1n) is 16.5. The highest BCUT2D eigenvalue weighted by molar-refractivity contribution is 6.30. The summed E-state index contributed by atoms with van der Waals surface area (Å²) in [6, 6.07) is 17.6. The third-order valence-electron chi connectivity index (χ3n) is 8.62. The van der Waals surface area contributed by atoms with E-state index in [1.807, 2.05) is 39.8 Å². The lowest BCUT2D eigenvalue weighted by atomic mass is 10.0. The third kappa shape index (κ3) is 7.91. The number of hydrogen-bond acceptors (Lipinski definition) is 11. The highest BCUT2D eigenvalue weighted by Crippen LogP contribution is 2.28. The molecule has 51 heavy (non-hydrogen) atoms. The van der Waals surface area contributed by atoms with Crippen LogP contribution in [0.3, 0.4) is 0 Å². The zero-order chi connectivity index (χ0) is 36.8. The summed E-state index contributed by atoms with van der Waals surface area (Å²) in [6.07, 6.45) is -1.57. The molecule has 0 spiro atoms. The molecule has 0 radical (unpaired) electrons. The van der Waals surface area contributed by atoms with Crippen LogP contribution in [-0.4, -0.2) is 57.2 Å². The molecule has 0 bridgehead atoms. The molecule has 1 N–H and O–H groups in total. The summed E-state index contributed by atoms with van der Waals surface area (Å²) in [5, 5.41) is 3.64. The Morgan fingerprint density at radius 1 is 0.745 bits per heavy atom. The molecule has 12 nitrogen and oxygen atoms in total. The summed E-state index contributed by atoms with van der Waals surface area (Å²) in [5.74, 6) is -3.14. The van der Waals surface area contributed by atoms with Gasteiger partial charge in [0.2, 0.25) is 0 Å². The van der Waals surface area contributed by atoms with Crippen molar-refractivity contribution in [1.29, 1.82) is 0 Å². The SMILES string of the molecule is CCN(CC)c1ccc2cc(C(=O)N[C@H](C(=O)OC)[C@H](OC(=O)c3cc4ccc(N(CC)CC)cc4oc3=O)c3cccc(Cl)c3)c(=O)oc2c1. The minimum absolute atomic E-state index is 0.190. The molecule has 0 aliphatic rings. The van der Waals surface area contributed by atoms with E-state index in [1.165, 1.54) is 24.3 Å². The summed E-state index contributed by atoms with van der Waals surface area (Å²) < 4.78 is 21.8. The van der Waals surface area contributed by atoms with Gasteiger partial charge in [0.15, 0.2) is 12.1 Å². The van der Waals surface area contributed by atoms with E-state index in [0.717, 1.165) is 44.7 Å². The topological polar surface area (TPSA) is 149 Å². The maximum Gasteiger partial charge on any atom is 0.351 e. The Morgan fingerprint density at radius 3 is 1.78 bits per heavy atom. The summed E-state index contributed by atoms with van der Waals surface area (Å²) in [5.41, 5.74) is -0.347. The summed E-state index contributed by atoms with van der Waals surface area (Å²) in [6.45, 7) is 11.0. The van der Waals surface area contributed by atoms with Gasteiger partial charge in [-0.25, -0.2) is 19.2 Å². The van der Waals surface area contributed by atoms with E-state index in [9.17, 15) is 24.0 Å². The molecular formula is C38H38ClN3O9. The van der Waals surface area contributed by atoms with Gasteiger partial charge in [0, 0.05) is 65.5 Å². The number of carbonyl (C=O) groups is 3. The minimum atomic E-state index is -1.70. The number of amides is 1. The molecule has 2 heterocycles. The van der Waals surface area contributed by atoms with Crippen LogP contribution in [0.1, 0.15) is 60.1 Å². The van der Waals surface area contributed by atoms with Gasteiger partial charge < -0.3 is 33.4 Å². The minimum Gasteiger partial charge on any atom is -0.467 e. The number of hydrogen-bond donors (Lipinski definition) is 1. The number of benzene rings is 3. The number of ether oxygens (including phenoxy) is 2. The van der Waals surface area contributed by atoms with Crippen LogP contribution in [0, 0.1) is 0 Å². The first-order valence-corrected chi connectivity index (χ1v) is 16.9. The Morgan fingerprint density at radius 2 is 1.27 bits per heavy atom. The van der Waals surface area contributed by atoms with E-state index >= 15 is 0 Å². The zero-order valence-corrected chi connectivity index (χ0v) is 29.6. The van der Waals surface area contributed by atoms with Gasteiger partial charge in [-0.2, -0.15) is 0 Å². The Bertz CT molecular complexity index is 2210. The monoisotopic (exact) mass is 715 g/mol. The molecule has 266 valence electrons. The lowest BCUT2D eigenvalue weighted by Gasteiger charge is -2.26. The number of fused-ring (bicyclic) bond motifs is 2. The summed E-state index contributed by atoms with van der Waals surface area (Å²) >= 11 is 6.26. The predicted molar refractivity (Wildman–Crippen MR) is 195 cm³/mol. The van der Waals surface area contributed by atoms with Crippen LogP contribution in [0.5, 0.6) is 0 Å². The van der Waals surface area contributed by atoms with Crippen LogP contribution in [0.15, 0.2) is 91.2 Å². The molecule has 0 saturated carbocycles. The molecule has 13 heteroatoms. The zero-order valence-electron chi connectivity index (χ0n) is 28.9. The van der Waals surface area contributed by atoms with Crippen molar-refractivity contribution < 1.29 is 32.7 Å². The molecule has 0 saturated heterocycles. The van der Waals surface area contributed by atoms with Crippen LogP contribution < -0.4 is 26.4 Å². The second-order valence-corrected chi connectivity index (χ2v) is 12.0. The van der Waals surface area contributed by atoms with E-state index in [4.69, 9.17) is 29.9 Å². The first-order chi connectivity index (χ1) is 24.5. The molecule has 5 aromatic rings. The van der Waals surface area contributed by atoms with Gasteiger partial charge in [0.1, 0.15) is 22.3 Å². The van der Waals surface area contributed by atoms with Crippen molar-refractivity contribution in [2.45, 2.75) is 39.8 Å². The number of methoxy groups -OCH3 is 1. The molecule has 1 amide bonds. The fourth-order valence-electron chi connectivity index (χ4n) is 5.87. The number of esters is 2. The average Bonchev–Trinajstić information content (AvgIpc) is 3.12. The smallest absolute Gasteiger partial charge is 0.351 e. The van der Waals surface area contributed by atoms with Crippen LogP contribution in [0.25, 0.3) is 21.9 Å². The van der Waals surface area contributed by atoms with Crippen molar-refractivity contribution in [2.24, 2.45) is 0 Å². The van der Waals surface area contributed by atoms with Crippen molar-refractivity contribution in [2.75, 3.05) is 43.1 Å². The highest BCUT2D eigenvalue weighted by atomic mass is 35.5. The van der Waals surface area contributed by atoms with Crippen molar-refractivity contribution in [3.8, 4) is 0 Å². The fourth-order valence-corrected chi connectivity index (χ4v) is 6.07. The standard InChI is InChI=1S/C38H38ClN3O9/c1-6-41(7-2)26-15-13-22-18-28(35(44)49-30(22)20-26)34(43)40-32(38(47)48-5)33(24-11-10-12-25(39)17-24)51-37(46)29-19-23-14-16-27(42(8-3)9-4)21-31(23)50-36(29)45/h10-21,32-33H,6-9H2,1-5H3,(H,40,43)/t32-,33+/m0/s1. The van der Waals surface area contributed by atoms with Gasteiger partial charge in [0.25, 0.3) is 5.91 Å². The Balaban J connectivity index is 1.50. The lowest BCUT2D eigenvalue weighted by molar-refractivity contribution is -0.146. The summed E-state index contributed by atoms with van der Waals surface area (Å²) in [7, 11) is 1.08. The number of nitrogens with zero attached hydrogens (tertiary/aromatic N) is 2. The van der Waals surface area contributed by atoms with Crippen LogP contribution >= 0.6 is 11.6 Å². The maximum atomic E-state index is 13.7. The maximum absolute atomic E-state index is 13.7. The highest BCUT2D eigenvalue weighted by Gasteiger charge is 2.37. The molecule has 2 aromatic heterocycles. The van der Waals surface area contributed by atoms with E-state index in [1.54, 1.807) is 36.4 Å². The van der Waals surface area contributed by atoms with E-state index in [2.05, 4.69) is 15.1 Å². The van der Waals surface area contributed by atoms with Crippen LogP contribution in [0.4, 0.5) is 11.4 Å². The van der Waals surface area contributed by atoms with Crippen LogP contribution in [-0.2, 0) is 14.3 Å². The summed E-state index contributed by atoms with van der Waals surface area (Å²) in [4.78, 5) is 71.0. The van der Waals surface area contributed by atoms with Crippen molar-refractivity contribution in [1.82, 2.24) is 5.32 Å². The van der Waals surface area contributed by atoms with E-state index in [0.29, 0.717) is 10.8 Å². The van der Waals surface area contributed by atoms with Gasteiger partial charge in [-0.05, 0) is 81.8 Å². The lowest BCUT2D eigenvalue weighted by Crippen LogP contribution is -2.48. The molecule has 0 aliphatic heterocycles. The normalized spacial score (nSPS) is 12.3. The molecule has 3 aromatic carbocycles. The Kier molecular flexibility index (Phi) is 11.5. The second-order valence-electron chi connectivity index (χ2n) is 11.5. The van der Waals surface area contributed by atoms with Gasteiger partial charge in [-0.3, -0.25) is 4.79 Å². The van der Waals surface area contributed by atoms with Crippen LogP contribution in [0.2, 0.25) is 5.02 Å². The molecular weight excluding hydrogens is 678 g/mol. The largest absolute Gasteiger partial charge is 0.467 e. The molecule has 2 atom stereocenters. The number of nitrogens with one attached hydrogen (secondary N) is 1. The molecule has 0 fully saturated rings. The van der Waals surface area contributed by atoms with Crippen molar-refractivity contribution in [3.05, 3.63) is 115 Å². The van der Waals surface area contributed by atoms with Gasteiger partial charge >= 0.3 is 23.2 Å². The fraction of sp³-hybridized carbons (Fsp3) is 0.289. The number of anilines is 2. The number of rotatable bonds is 13. The Hall–Kier alpha value is -5.62. The number of halogens is 1. The first kappa shape index (κ1) is 36.7. The Labute approximate surface area is 298 Å². The van der Waals surface area contributed by atoms with Crippen molar-refractivity contribution >= 4 is 62.8 Å². The van der Waals surface area contributed by atoms with Gasteiger partial charge in [-0.1, -0.05) is 23.7 Å². The average molecular weight is 716 g/mol. The van der Waals surface area contributed by atoms with Gasteiger partial charge in [-0.15, -0.1) is 0 Å². The quantitative estimate of drug-likeness (QED) is 0.111. The van der Waals surface area contributed by atoms with Gasteiger partial charge in [0.05, 0.1) is 7.11 Å². The number of carbonyl (C=O) groups excluding carboxylic acids is 3. The predicted octanol–water partition coefficient (Wildman–Crippen LogP) is 6.11. The van der Waals surface area contributed by atoms with E-state index < -0.39 is 52.4 Å².